The third-order valence-electron chi connectivity index (χ3n) is 3.11. The highest BCUT2D eigenvalue weighted by Crippen LogP contribution is 2.32. The van der Waals surface area contributed by atoms with Crippen molar-refractivity contribution < 1.29 is 9.59 Å². The lowest BCUT2D eigenvalue weighted by Crippen LogP contribution is -1.93. The van der Waals surface area contributed by atoms with Crippen LogP contribution in [0.2, 0.25) is 0 Å². The fourth-order valence-electron chi connectivity index (χ4n) is 2.17. The standard InChI is InChI=1S/C15H10O2S/c1-9-6-10-2-3-11(7-13(10)15(9)17)14-5-4-12(8-16)18-14/h2-5,7-8H,1,6H2. The molecule has 3 rings (SSSR count). The molecule has 1 aromatic heterocycles. The summed E-state index contributed by atoms with van der Waals surface area (Å²) in [4.78, 5) is 24.3. The average Bonchev–Trinajstić information content (AvgIpc) is 2.96. The highest BCUT2D eigenvalue weighted by molar-refractivity contribution is 7.17. The smallest absolute Gasteiger partial charge is 0.189 e. The first kappa shape index (κ1) is 11.1. The van der Waals surface area contributed by atoms with Crippen LogP contribution in [0.4, 0.5) is 0 Å². The quantitative estimate of drug-likeness (QED) is 0.607. The maximum absolute atomic E-state index is 11.9. The summed E-state index contributed by atoms with van der Waals surface area (Å²) in [5.74, 6) is 0.0408. The van der Waals surface area contributed by atoms with Crippen LogP contribution < -0.4 is 0 Å². The average molecular weight is 254 g/mol. The van der Waals surface area contributed by atoms with Crippen molar-refractivity contribution in [3.63, 3.8) is 0 Å². The Hall–Kier alpha value is -2.00. The maximum Gasteiger partial charge on any atom is 0.189 e. The Morgan fingerprint density at radius 2 is 2.06 bits per heavy atom. The fraction of sp³-hybridized carbons (Fsp3) is 0.0667. The van der Waals surface area contributed by atoms with E-state index >= 15 is 0 Å². The Morgan fingerprint density at radius 3 is 2.78 bits per heavy atom. The fourth-order valence-corrected chi connectivity index (χ4v) is 2.99. The minimum absolute atomic E-state index is 0.0408. The van der Waals surface area contributed by atoms with E-state index in [1.165, 1.54) is 11.3 Å². The molecule has 1 aliphatic carbocycles. The molecule has 1 aliphatic rings. The van der Waals surface area contributed by atoms with Crippen LogP contribution in [0, 0.1) is 0 Å². The van der Waals surface area contributed by atoms with Crippen molar-refractivity contribution in [3.05, 3.63) is 58.5 Å². The molecule has 18 heavy (non-hydrogen) atoms. The molecule has 0 spiro atoms. The number of carbonyl (C=O) groups is 2. The van der Waals surface area contributed by atoms with E-state index in [0.29, 0.717) is 16.9 Å². The Kier molecular flexibility index (Phi) is 2.49. The van der Waals surface area contributed by atoms with Gasteiger partial charge >= 0.3 is 0 Å². The van der Waals surface area contributed by atoms with Gasteiger partial charge in [-0.2, -0.15) is 0 Å². The summed E-state index contributed by atoms with van der Waals surface area (Å²) in [6.07, 6.45) is 1.49. The second-order valence-electron chi connectivity index (χ2n) is 4.30. The molecule has 2 nitrogen and oxygen atoms in total. The molecule has 3 heteroatoms. The number of thiophene rings is 1. The highest BCUT2D eigenvalue weighted by Gasteiger charge is 2.23. The zero-order valence-electron chi connectivity index (χ0n) is 9.60. The van der Waals surface area contributed by atoms with Crippen molar-refractivity contribution in [2.24, 2.45) is 0 Å². The van der Waals surface area contributed by atoms with Crippen LogP contribution in [0.3, 0.4) is 0 Å². The van der Waals surface area contributed by atoms with E-state index in [9.17, 15) is 9.59 Å². The lowest BCUT2D eigenvalue weighted by molar-refractivity contribution is 0.103. The number of rotatable bonds is 2. The molecule has 0 radical (unpaired) electrons. The van der Waals surface area contributed by atoms with Crippen LogP contribution in [-0.2, 0) is 6.42 Å². The van der Waals surface area contributed by atoms with Crippen molar-refractivity contribution in [1.82, 2.24) is 0 Å². The molecule has 0 atom stereocenters. The second kappa shape index (κ2) is 4.03. The summed E-state index contributed by atoms with van der Waals surface area (Å²) in [6.45, 7) is 3.78. The number of Topliss-reactive ketones (excluding diaryl/α,β-unsaturated/α-hetero) is 1. The van der Waals surface area contributed by atoms with E-state index < -0.39 is 0 Å². The lowest BCUT2D eigenvalue weighted by Gasteiger charge is -2.01. The van der Waals surface area contributed by atoms with Crippen molar-refractivity contribution in [3.8, 4) is 10.4 Å². The van der Waals surface area contributed by atoms with Gasteiger partial charge in [-0.15, -0.1) is 11.3 Å². The number of carbonyl (C=O) groups excluding carboxylic acids is 2. The Balaban J connectivity index is 2.08. The van der Waals surface area contributed by atoms with E-state index in [1.807, 2.05) is 24.3 Å². The molecule has 88 valence electrons. The number of allylic oxidation sites excluding steroid dienone is 1. The highest BCUT2D eigenvalue weighted by atomic mass is 32.1. The summed E-state index contributed by atoms with van der Waals surface area (Å²) in [5, 5.41) is 0. The van der Waals surface area contributed by atoms with Crippen molar-refractivity contribution in [1.29, 1.82) is 0 Å². The van der Waals surface area contributed by atoms with Crippen LogP contribution >= 0.6 is 11.3 Å². The number of fused-ring (bicyclic) bond motifs is 1. The number of hydrogen-bond acceptors (Lipinski definition) is 3. The van der Waals surface area contributed by atoms with Gasteiger partial charge in [-0.3, -0.25) is 9.59 Å². The minimum Gasteiger partial charge on any atom is -0.297 e. The predicted octanol–water partition coefficient (Wildman–Crippen LogP) is 3.52. The normalized spacial score (nSPS) is 13.8. The van der Waals surface area contributed by atoms with E-state index in [4.69, 9.17) is 0 Å². The van der Waals surface area contributed by atoms with Gasteiger partial charge in [-0.05, 0) is 34.9 Å². The Bertz CT molecular complexity index is 680. The third kappa shape index (κ3) is 1.64. The van der Waals surface area contributed by atoms with Gasteiger partial charge in [0.2, 0.25) is 0 Å². The lowest BCUT2D eigenvalue weighted by atomic mass is 10.1. The van der Waals surface area contributed by atoms with Crippen LogP contribution in [0.25, 0.3) is 10.4 Å². The molecule has 0 fully saturated rings. The van der Waals surface area contributed by atoms with Gasteiger partial charge in [0.1, 0.15) is 0 Å². The molecule has 0 unspecified atom stereocenters. The molecule has 0 aliphatic heterocycles. The van der Waals surface area contributed by atoms with Gasteiger partial charge in [0.25, 0.3) is 0 Å². The molecule has 0 N–H and O–H groups in total. The van der Waals surface area contributed by atoms with Gasteiger partial charge < -0.3 is 0 Å². The Labute approximate surface area is 109 Å². The van der Waals surface area contributed by atoms with Gasteiger partial charge in [0, 0.05) is 16.9 Å². The summed E-state index contributed by atoms with van der Waals surface area (Å²) in [5.41, 5.74) is 3.43. The zero-order valence-corrected chi connectivity index (χ0v) is 10.4. The summed E-state index contributed by atoms with van der Waals surface area (Å²) >= 11 is 1.43. The van der Waals surface area contributed by atoms with Crippen LogP contribution in [-0.4, -0.2) is 12.1 Å². The largest absolute Gasteiger partial charge is 0.297 e. The molecule has 2 aromatic rings. The van der Waals surface area contributed by atoms with E-state index in [1.54, 1.807) is 6.07 Å². The van der Waals surface area contributed by atoms with Crippen LogP contribution in [0.15, 0.2) is 42.5 Å². The molecule has 1 aromatic carbocycles. The molecule has 0 bridgehead atoms. The topological polar surface area (TPSA) is 34.1 Å². The number of ketones is 1. The summed E-state index contributed by atoms with van der Waals surface area (Å²) in [6, 6.07) is 9.56. The minimum atomic E-state index is 0.0408. The van der Waals surface area contributed by atoms with Crippen LogP contribution in [0.1, 0.15) is 25.6 Å². The van der Waals surface area contributed by atoms with Crippen molar-refractivity contribution >= 4 is 23.4 Å². The number of benzene rings is 1. The van der Waals surface area contributed by atoms with E-state index in [-0.39, 0.29) is 5.78 Å². The predicted molar refractivity (Wildman–Crippen MR) is 72.3 cm³/mol. The second-order valence-corrected chi connectivity index (χ2v) is 5.42. The summed E-state index contributed by atoms with van der Waals surface area (Å²) < 4.78 is 0. The van der Waals surface area contributed by atoms with Gasteiger partial charge in [-0.25, -0.2) is 0 Å². The first-order valence-corrected chi connectivity index (χ1v) is 6.41. The first-order chi connectivity index (χ1) is 8.69. The van der Waals surface area contributed by atoms with Gasteiger partial charge in [-0.1, -0.05) is 18.7 Å². The molecule has 1 heterocycles. The van der Waals surface area contributed by atoms with Crippen molar-refractivity contribution in [2.75, 3.05) is 0 Å². The molecular weight excluding hydrogens is 244 g/mol. The van der Waals surface area contributed by atoms with Gasteiger partial charge in [0.05, 0.1) is 4.88 Å². The first-order valence-electron chi connectivity index (χ1n) is 5.60. The number of aldehydes is 1. The molecule has 0 saturated carbocycles. The summed E-state index contributed by atoms with van der Waals surface area (Å²) in [7, 11) is 0. The van der Waals surface area contributed by atoms with E-state index in [0.717, 1.165) is 27.9 Å². The third-order valence-corrected chi connectivity index (χ3v) is 4.17. The number of hydrogen-bond donors (Lipinski definition) is 0. The van der Waals surface area contributed by atoms with E-state index in [2.05, 4.69) is 6.58 Å². The SMILES string of the molecule is C=C1Cc2ccc(-c3ccc(C=O)s3)cc2C1=O. The maximum atomic E-state index is 11.9. The Morgan fingerprint density at radius 1 is 1.22 bits per heavy atom. The monoisotopic (exact) mass is 254 g/mol. The zero-order chi connectivity index (χ0) is 12.7. The van der Waals surface area contributed by atoms with Crippen molar-refractivity contribution in [2.45, 2.75) is 6.42 Å². The molecule has 0 amide bonds. The molecular formula is C15H10O2S. The van der Waals surface area contributed by atoms with Crippen LogP contribution in [0.5, 0.6) is 0 Å². The van der Waals surface area contributed by atoms with Gasteiger partial charge in [0.15, 0.2) is 12.1 Å². The molecule has 0 saturated heterocycles.